The molecule has 0 aliphatic carbocycles. The topological polar surface area (TPSA) is 130 Å². The van der Waals surface area contributed by atoms with Crippen molar-refractivity contribution >= 4 is 39.3 Å². The van der Waals surface area contributed by atoms with E-state index in [-0.39, 0.29) is 12.5 Å². The smallest absolute Gasteiger partial charge is 0.355 e. The number of aromatic carboxylic acids is 1. The molecular formula is C24H18N4O7. The van der Waals surface area contributed by atoms with Crippen LogP contribution in [-0.4, -0.2) is 47.0 Å². The van der Waals surface area contributed by atoms with E-state index in [0.717, 1.165) is 0 Å². The van der Waals surface area contributed by atoms with Crippen LogP contribution in [-0.2, 0) is 0 Å². The Kier molecular flexibility index (Phi) is 4.62. The lowest BCUT2D eigenvalue weighted by molar-refractivity contribution is 0.0689. The molecule has 1 aliphatic rings. The van der Waals surface area contributed by atoms with Gasteiger partial charge < -0.3 is 33.9 Å². The van der Waals surface area contributed by atoms with E-state index in [4.69, 9.17) is 23.6 Å². The molecule has 2 aromatic heterocycles. The van der Waals surface area contributed by atoms with Crippen LogP contribution in [0.5, 0.6) is 23.0 Å². The minimum atomic E-state index is -1.15. The van der Waals surface area contributed by atoms with Gasteiger partial charge in [-0.3, -0.25) is 0 Å². The molecule has 35 heavy (non-hydrogen) atoms. The van der Waals surface area contributed by atoms with Crippen molar-refractivity contribution in [2.45, 2.75) is 0 Å². The normalized spacial score (nSPS) is 12.3. The van der Waals surface area contributed by atoms with Crippen molar-refractivity contribution in [1.29, 1.82) is 0 Å². The number of benzene rings is 3. The molecule has 6 rings (SSSR count). The van der Waals surface area contributed by atoms with Crippen LogP contribution in [0.15, 0.2) is 53.2 Å². The lowest BCUT2D eigenvalue weighted by Gasteiger charge is -2.11. The predicted molar refractivity (Wildman–Crippen MR) is 125 cm³/mol. The van der Waals surface area contributed by atoms with Gasteiger partial charge >= 0.3 is 5.97 Å². The predicted octanol–water partition coefficient (Wildman–Crippen LogP) is 4.35. The van der Waals surface area contributed by atoms with Crippen molar-refractivity contribution in [3.05, 3.63) is 54.2 Å². The van der Waals surface area contributed by atoms with Crippen molar-refractivity contribution < 1.29 is 33.5 Å². The quantitative estimate of drug-likeness (QED) is 0.366. The number of carbonyl (C=O) groups is 1. The third-order valence-electron chi connectivity index (χ3n) is 5.84. The summed E-state index contributed by atoms with van der Waals surface area (Å²) in [6.07, 6.45) is 0. The first-order chi connectivity index (χ1) is 17.1. The summed E-state index contributed by atoms with van der Waals surface area (Å²) in [6, 6.07) is 14.0. The molecule has 0 amide bonds. The van der Waals surface area contributed by atoms with Gasteiger partial charge in [-0.25, -0.2) is 9.42 Å². The molecule has 0 saturated carbocycles. The summed E-state index contributed by atoms with van der Waals surface area (Å²) in [7, 11) is 3.04. The largest absolute Gasteiger partial charge is 0.493 e. The molecule has 3 aromatic carbocycles. The summed E-state index contributed by atoms with van der Waals surface area (Å²) in [5, 5.41) is 22.0. The van der Waals surface area contributed by atoms with Gasteiger partial charge in [-0.1, -0.05) is 6.07 Å². The van der Waals surface area contributed by atoms with Crippen LogP contribution in [0.4, 0.5) is 11.4 Å². The fourth-order valence-corrected chi connectivity index (χ4v) is 4.28. The monoisotopic (exact) mass is 474 g/mol. The Morgan fingerprint density at radius 1 is 1.03 bits per heavy atom. The summed E-state index contributed by atoms with van der Waals surface area (Å²) in [6.45, 7) is 0.102. The third-order valence-corrected chi connectivity index (χ3v) is 5.84. The third kappa shape index (κ3) is 3.16. The Labute approximate surface area is 197 Å². The van der Waals surface area contributed by atoms with Crippen LogP contribution in [0.2, 0.25) is 0 Å². The second-order valence-electron chi connectivity index (χ2n) is 7.69. The van der Waals surface area contributed by atoms with Crippen LogP contribution < -0.4 is 24.3 Å². The summed E-state index contributed by atoms with van der Waals surface area (Å²) in [4.78, 5) is 12.7. The summed E-state index contributed by atoms with van der Waals surface area (Å²) < 4.78 is 28.4. The fourth-order valence-electron chi connectivity index (χ4n) is 4.28. The van der Waals surface area contributed by atoms with Crippen molar-refractivity contribution in [2.75, 3.05) is 26.3 Å². The van der Waals surface area contributed by atoms with Crippen molar-refractivity contribution in [3.63, 3.8) is 0 Å². The average Bonchev–Trinajstić information content (AvgIpc) is 3.60. The standard InChI is InChI=1S/C24H18N4O7/c1-31-18-9-13-16(10-19(18)32-2)28(12-6-7-17-20(8-12)34-11-33-17)23(24(29)30)21(13)25-14-4-3-5-15-22(14)27-35-26-15/h3-10,25H,11H2,1-2H3,(H,29,30). The number of rotatable bonds is 6. The van der Waals surface area contributed by atoms with E-state index in [9.17, 15) is 9.90 Å². The number of hydrogen-bond acceptors (Lipinski definition) is 9. The van der Waals surface area contributed by atoms with Gasteiger partial charge in [0.15, 0.2) is 34.2 Å². The van der Waals surface area contributed by atoms with Crippen molar-refractivity contribution in [2.24, 2.45) is 0 Å². The van der Waals surface area contributed by atoms with Crippen molar-refractivity contribution in [1.82, 2.24) is 14.9 Å². The lowest BCUT2D eigenvalue weighted by Crippen LogP contribution is -2.09. The first kappa shape index (κ1) is 20.7. The Morgan fingerprint density at radius 3 is 2.63 bits per heavy atom. The van der Waals surface area contributed by atoms with Gasteiger partial charge in [0.05, 0.1) is 36.8 Å². The SMILES string of the molecule is COc1cc2c(Nc3cccc4nonc34)c(C(=O)O)n(-c3ccc4c(c3)OCO4)c2cc1OC. The molecule has 0 radical (unpaired) electrons. The summed E-state index contributed by atoms with van der Waals surface area (Å²) in [5.74, 6) is 0.860. The number of nitrogens with zero attached hydrogens (tertiary/aromatic N) is 3. The maximum absolute atomic E-state index is 12.7. The minimum absolute atomic E-state index is 0.0115. The highest BCUT2D eigenvalue weighted by molar-refractivity contribution is 6.10. The molecule has 5 aromatic rings. The van der Waals surface area contributed by atoms with Gasteiger partial charge in [0.25, 0.3) is 0 Å². The zero-order valence-electron chi connectivity index (χ0n) is 18.6. The molecule has 0 spiro atoms. The summed E-state index contributed by atoms with van der Waals surface area (Å²) in [5.41, 5.74) is 3.00. The Bertz CT molecular complexity index is 1620. The molecule has 11 heteroatoms. The van der Waals surface area contributed by atoms with E-state index < -0.39 is 5.97 Å². The number of aromatic nitrogens is 3. The highest BCUT2D eigenvalue weighted by atomic mass is 16.7. The molecular weight excluding hydrogens is 456 g/mol. The molecule has 0 unspecified atom stereocenters. The van der Waals surface area contributed by atoms with Crippen molar-refractivity contribution in [3.8, 4) is 28.7 Å². The maximum Gasteiger partial charge on any atom is 0.355 e. The van der Waals surface area contributed by atoms with Gasteiger partial charge in [-0.05, 0) is 40.6 Å². The van der Waals surface area contributed by atoms with Crippen LogP contribution in [0.3, 0.4) is 0 Å². The number of fused-ring (bicyclic) bond motifs is 3. The second kappa shape index (κ2) is 7.83. The van der Waals surface area contributed by atoms with Gasteiger partial charge in [0.2, 0.25) is 6.79 Å². The Morgan fingerprint density at radius 2 is 1.83 bits per heavy atom. The van der Waals surface area contributed by atoms with E-state index >= 15 is 0 Å². The van der Waals surface area contributed by atoms with Crippen LogP contribution in [0, 0.1) is 0 Å². The number of hydrogen-bond donors (Lipinski definition) is 2. The number of ether oxygens (including phenoxy) is 4. The zero-order valence-corrected chi connectivity index (χ0v) is 18.6. The lowest BCUT2D eigenvalue weighted by atomic mass is 10.1. The summed E-state index contributed by atoms with van der Waals surface area (Å²) >= 11 is 0. The van der Waals surface area contributed by atoms with Gasteiger partial charge in [-0.15, -0.1) is 0 Å². The van der Waals surface area contributed by atoms with E-state index in [0.29, 0.717) is 62.0 Å². The zero-order chi connectivity index (χ0) is 24.1. The average molecular weight is 474 g/mol. The molecule has 176 valence electrons. The molecule has 3 heterocycles. The second-order valence-corrected chi connectivity index (χ2v) is 7.69. The molecule has 11 nitrogen and oxygen atoms in total. The van der Waals surface area contributed by atoms with E-state index in [1.54, 1.807) is 53.1 Å². The highest BCUT2D eigenvalue weighted by Gasteiger charge is 2.27. The molecule has 0 bridgehead atoms. The fraction of sp³-hybridized carbons (Fsp3) is 0.125. The van der Waals surface area contributed by atoms with E-state index in [2.05, 4.69) is 15.6 Å². The molecule has 0 saturated heterocycles. The molecule has 2 N–H and O–H groups in total. The van der Waals surface area contributed by atoms with Gasteiger partial charge in [0, 0.05) is 17.5 Å². The van der Waals surface area contributed by atoms with Crippen LogP contribution in [0.25, 0.3) is 27.6 Å². The molecule has 1 aliphatic heterocycles. The first-order valence-electron chi connectivity index (χ1n) is 10.5. The molecule has 0 atom stereocenters. The van der Waals surface area contributed by atoms with Crippen LogP contribution >= 0.6 is 0 Å². The Hall–Kier alpha value is -4.93. The number of anilines is 2. The van der Waals surface area contributed by atoms with E-state index in [1.165, 1.54) is 14.2 Å². The molecule has 0 fully saturated rings. The van der Waals surface area contributed by atoms with E-state index in [1.807, 2.05) is 0 Å². The maximum atomic E-state index is 12.7. The highest BCUT2D eigenvalue weighted by Crippen LogP contribution is 2.43. The Balaban J connectivity index is 1.66. The number of methoxy groups -OCH3 is 2. The van der Waals surface area contributed by atoms with Gasteiger partial charge in [-0.2, -0.15) is 0 Å². The number of carboxylic acids is 1. The van der Waals surface area contributed by atoms with Gasteiger partial charge in [0.1, 0.15) is 5.52 Å². The number of nitrogens with one attached hydrogen (secondary N) is 1. The number of carboxylic acid groups (broad SMARTS) is 1. The first-order valence-corrected chi connectivity index (χ1v) is 10.5. The van der Waals surface area contributed by atoms with Crippen LogP contribution in [0.1, 0.15) is 10.5 Å². The minimum Gasteiger partial charge on any atom is -0.493 e.